The van der Waals surface area contributed by atoms with Crippen molar-refractivity contribution in [1.29, 1.82) is 0 Å². The fourth-order valence-electron chi connectivity index (χ4n) is 7.66. The largest absolute Gasteiger partial charge is 0.392 e. The molecule has 0 spiro atoms. The Hall–Kier alpha value is -4.78. The Labute approximate surface area is 285 Å². The monoisotopic (exact) mass is 663 g/mol. The predicted octanol–water partition coefficient (Wildman–Crippen LogP) is 3.52. The van der Waals surface area contributed by atoms with E-state index in [0.29, 0.717) is 52.7 Å². The average molecular weight is 664 g/mol. The van der Waals surface area contributed by atoms with Crippen molar-refractivity contribution in [3.05, 3.63) is 98.8 Å². The number of aliphatic hydroxyl groups is 1. The summed E-state index contributed by atoms with van der Waals surface area (Å²) < 4.78 is 18.9. The van der Waals surface area contributed by atoms with Gasteiger partial charge in [-0.1, -0.05) is 13.8 Å². The summed E-state index contributed by atoms with van der Waals surface area (Å²) in [5, 5.41) is 13.9. The standard InChI is InChI=1S/C37H42N8O4/c1-23-18-42(27-21-49-22-27)9-10-43(23)26-5-6-33(39-17-26)40-30-13-25(19-41(4)35(30)47)28-7-8-38-34(29(28)20-46)45-12-11-44-31(36(45)48)14-24-15-37(2,3)16-32(24)44/h5-8,11-14,17,19,23,27,46H,9-10,15-16,18,20-22H2,1-4H3,(H,39,40)/t23-/m0/s1/i27D. The van der Waals surface area contributed by atoms with Crippen LogP contribution in [0.3, 0.4) is 0 Å². The van der Waals surface area contributed by atoms with Crippen molar-refractivity contribution in [2.45, 2.75) is 52.3 Å². The third-order valence-corrected chi connectivity index (χ3v) is 10.2. The van der Waals surface area contributed by atoms with Gasteiger partial charge in [-0.25, -0.2) is 9.97 Å². The Morgan fingerprint density at radius 1 is 1.08 bits per heavy atom. The van der Waals surface area contributed by atoms with Crippen LogP contribution in [0.25, 0.3) is 22.5 Å². The number of aliphatic hydroxyl groups excluding tert-OH is 1. The fourth-order valence-corrected chi connectivity index (χ4v) is 7.66. The summed E-state index contributed by atoms with van der Waals surface area (Å²) in [6.07, 6.45) is 10.6. The van der Waals surface area contributed by atoms with E-state index in [1.807, 2.05) is 28.8 Å². The number of piperazine rings is 1. The van der Waals surface area contributed by atoms with Crippen molar-refractivity contribution in [3.63, 3.8) is 0 Å². The summed E-state index contributed by atoms with van der Waals surface area (Å²) in [4.78, 5) is 40.8. The molecule has 49 heavy (non-hydrogen) atoms. The van der Waals surface area contributed by atoms with Gasteiger partial charge in [0, 0.05) is 74.3 Å². The number of pyridine rings is 3. The minimum atomic E-state index is -0.615. The second kappa shape index (κ2) is 12.0. The van der Waals surface area contributed by atoms with Gasteiger partial charge in [-0.15, -0.1) is 0 Å². The van der Waals surface area contributed by atoms with Gasteiger partial charge in [-0.05, 0) is 66.6 Å². The van der Waals surface area contributed by atoms with E-state index >= 15 is 0 Å². The molecule has 1 atom stereocenters. The van der Waals surface area contributed by atoms with Gasteiger partial charge in [0.15, 0.2) is 0 Å². The number of fused-ring (bicyclic) bond motifs is 3. The highest BCUT2D eigenvalue weighted by Gasteiger charge is 2.33. The maximum absolute atomic E-state index is 13.8. The van der Waals surface area contributed by atoms with Gasteiger partial charge < -0.3 is 29.0 Å². The zero-order valence-electron chi connectivity index (χ0n) is 29.3. The number of nitrogens with zero attached hydrogens (tertiary/aromatic N) is 7. The quantitative estimate of drug-likeness (QED) is 0.270. The second-order valence-corrected chi connectivity index (χ2v) is 14.3. The topological polar surface area (TPSA) is 122 Å². The molecule has 12 heteroatoms. The van der Waals surface area contributed by atoms with E-state index < -0.39 is 6.02 Å². The van der Waals surface area contributed by atoms with Crippen LogP contribution in [-0.4, -0.2) is 78.4 Å². The fraction of sp³-hybridized carbons (Fsp3) is 0.405. The number of hydrogen-bond donors (Lipinski definition) is 2. The van der Waals surface area contributed by atoms with Crippen LogP contribution in [0.2, 0.25) is 0 Å². The molecule has 5 aromatic heterocycles. The summed E-state index contributed by atoms with van der Waals surface area (Å²) in [6.45, 7) is 9.52. The average Bonchev–Trinajstić information content (AvgIpc) is 3.58. The van der Waals surface area contributed by atoms with Crippen LogP contribution in [0, 0.1) is 5.41 Å². The minimum absolute atomic E-state index is 0.164. The minimum Gasteiger partial charge on any atom is -0.392 e. The van der Waals surface area contributed by atoms with Crippen LogP contribution in [0.5, 0.6) is 0 Å². The first-order chi connectivity index (χ1) is 23.9. The number of anilines is 3. The van der Waals surface area contributed by atoms with E-state index in [2.05, 4.69) is 45.9 Å². The number of hydrogen-bond acceptors (Lipinski definition) is 9. The summed E-state index contributed by atoms with van der Waals surface area (Å²) in [5.74, 6) is 0.861. The molecule has 0 saturated carbocycles. The highest BCUT2D eigenvalue weighted by atomic mass is 16.5. The van der Waals surface area contributed by atoms with Gasteiger partial charge >= 0.3 is 0 Å². The predicted molar refractivity (Wildman–Crippen MR) is 189 cm³/mol. The Balaban J connectivity index is 1.07. The van der Waals surface area contributed by atoms with Gasteiger partial charge in [0.25, 0.3) is 11.1 Å². The van der Waals surface area contributed by atoms with Crippen molar-refractivity contribution in [1.82, 2.24) is 28.4 Å². The van der Waals surface area contributed by atoms with E-state index in [4.69, 9.17) is 6.11 Å². The Bertz CT molecular complexity index is 2240. The van der Waals surface area contributed by atoms with E-state index in [1.165, 1.54) is 20.4 Å². The molecule has 2 saturated heterocycles. The molecule has 254 valence electrons. The van der Waals surface area contributed by atoms with Gasteiger partial charge in [0.05, 0.1) is 39.1 Å². The third-order valence-electron chi connectivity index (χ3n) is 10.2. The molecule has 0 radical (unpaired) electrons. The third kappa shape index (κ3) is 5.53. The molecule has 12 nitrogen and oxygen atoms in total. The van der Waals surface area contributed by atoms with Crippen LogP contribution in [0.4, 0.5) is 17.2 Å². The molecule has 2 N–H and O–H groups in total. The van der Waals surface area contributed by atoms with Crippen LogP contribution in [0.15, 0.2) is 70.9 Å². The highest BCUT2D eigenvalue weighted by molar-refractivity contribution is 5.73. The van der Waals surface area contributed by atoms with Crippen LogP contribution in [-0.2, 0) is 31.2 Å². The van der Waals surface area contributed by atoms with Crippen molar-refractivity contribution in [2.24, 2.45) is 12.5 Å². The van der Waals surface area contributed by atoms with Crippen molar-refractivity contribution >= 4 is 22.7 Å². The highest BCUT2D eigenvalue weighted by Crippen LogP contribution is 2.37. The Kier molecular flexibility index (Phi) is 7.40. The van der Waals surface area contributed by atoms with Crippen molar-refractivity contribution in [2.75, 3.05) is 43.1 Å². The van der Waals surface area contributed by atoms with Crippen molar-refractivity contribution < 1.29 is 11.2 Å². The maximum Gasteiger partial charge on any atom is 0.280 e. The molecule has 1 aliphatic carbocycles. The number of ether oxygens (including phenoxy) is 1. The van der Waals surface area contributed by atoms with Crippen LogP contribution in [0.1, 0.15) is 39.0 Å². The van der Waals surface area contributed by atoms with Crippen LogP contribution < -0.4 is 21.3 Å². The Morgan fingerprint density at radius 2 is 1.92 bits per heavy atom. The SMILES string of the molecule is [2H]C1(N2CCN(c3ccc(Nc4cc(-c5ccnc(-n6ccn7c8c(cc7c6=O)CC(C)(C)C8)c5CO)cn(C)c4=O)nc3)[C@@H](C)C2)COC1. The first-order valence-corrected chi connectivity index (χ1v) is 16.8. The first kappa shape index (κ1) is 30.3. The van der Waals surface area contributed by atoms with Gasteiger partial charge in [-0.2, -0.15) is 0 Å². The van der Waals surface area contributed by atoms with E-state index in [1.54, 1.807) is 44.0 Å². The summed E-state index contributed by atoms with van der Waals surface area (Å²) in [6, 6.07) is 8.95. The Morgan fingerprint density at radius 3 is 2.63 bits per heavy atom. The molecule has 2 aliphatic heterocycles. The zero-order valence-corrected chi connectivity index (χ0v) is 28.3. The number of nitrogens with one attached hydrogen (secondary N) is 1. The lowest BCUT2D eigenvalue weighted by Crippen LogP contribution is -2.59. The molecule has 2 fully saturated rings. The first-order valence-electron chi connectivity index (χ1n) is 17.3. The second-order valence-electron chi connectivity index (χ2n) is 14.3. The lowest BCUT2D eigenvalue weighted by Gasteiger charge is -2.46. The lowest BCUT2D eigenvalue weighted by atomic mass is 9.90. The number of rotatable bonds is 7. The molecule has 3 aliphatic rings. The van der Waals surface area contributed by atoms with E-state index in [-0.39, 0.29) is 29.2 Å². The van der Waals surface area contributed by atoms with Crippen molar-refractivity contribution in [3.8, 4) is 16.9 Å². The zero-order chi connectivity index (χ0) is 34.9. The molecule has 0 amide bonds. The maximum atomic E-state index is 13.8. The van der Waals surface area contributed by atoms with Gasteiger partial charge in [-0.3, -0.25) is 19.1 Å². The van der Waals surface area contributed by atoms with Gasteiger partial charge in [0.1, 0.15) is 22.8 Å². The molecule has 8 rings (SSSR count). The molecular weight excluding hydrogens is 620 g/mol. The number of aryl methyl sites for hydroxylation is 1. The molecule has 5 aromatic rings. The smallest absolute Gasteiger partial charge is 0.280 e. The molecular formula is C37H42N8O4. The van der Waals surface area contributed by atoms with E-state index in [9.17, 15) is 14.7 Å². The number of aromatic nitrogens is 5. The molecule has 0 aromatic carbocycles. The molecule has 7 heterocycles. The van der Waals surface area contributed by atoms with Gasteiger partial charge in [0.2, 0.25) is 0 Å². The normalized spacial score (nSPS) is 20.2. The molecule has 0 bridgehead atoms. The van der Waals surface area contributed by atoms with E-state index in [0.717, 1.165) is 38.2 Å². The van der Waals surface area contributed by atoms with Crippen LogP contribution >= 0.6 is 0 Å². The summed E-state index contributed by atoms with van der Waals surface area (Å²) >= 11 is 0. The lowest BCUT2D eigenvalue weighted by molar-refractivity contribution is -0.0691. The summed E-state index contributed by atoms with van der Waals surface area (Å²) in [7, 11) is 1.68. The molecule has 0 unspecified atom stereocenters. The summed E-state index contributed by atoms with van der Waals surface area (Å²) in [5.41, 5.74) is 5.77.